The third-order valence-corrected chi connectivity index (χ3v) is 12.4. The first-order valence-electron chi connectivity index (χ1n) is 21.6. The van der Waals surface area contributed by atoms with E-state index in [1.165, 1.54) is 0 Å². The zero-order chi connectivity index (χ0) is 56.4. The molecule has 30 nitrogen and oxygen atoms in total. The summed E-state index contributed by atoms with van der Waals surface area (Å²) in [4.78, 5) is 83.2. The van der Waals surface area contributed by atoms with Crippen molar-refractivity contribution in [2.45, 2.75) is 30.7 Å². The van der Waals surface area contributed by atoms with Gasteiger partial charge in [0.1, 0.15) is 29.2 Å². The number of esters is 4. The lowest BCUT2D eigenvalue weighted by Gasteiger charge is -2.42. The summed E-state index contributed by atoms with van der Waals surface area (Å²) >= 11 is 0. The van der Waals surface area contributed by atoms with Crippen LogP contribution in [0.4, 0.5) is 0 Å². The van der Waals surface area contributed by atoms with Gasteiger partial charge in [0.25, 0.3) is 11.9 Å². The quantitative estimate of drug-likeness (QED) is 0.0492. The maximum absolute atomic E-state index is 14.5. The van der Waals surface area contributed by atoms with Crippen LogP contribution in [0.5, 0.6) is 98.1 Å². The molecule has 78 heavy (non-hydrogen) atoms. The van der Waals surface area contributed by atoms with E-state index in [0.29, 0.717) is 42.5 Å². The predicted molar refractivity (Wildman–Crippen MR) is 246 cm³/mol. The fraction of sp³-hybridized carbons (Fsp3) is 0.125. The molecule has 16 N–H and O–H groups in total. The maximum Gasteiger partial charge on any atom is 0.342 e. The van der Waals surface area contributed by atoms with Gasteiger partial charge in [0.2, 0.25) is 39.6 Å². The smallest absolute Gasteiger partial charge is 0.342 e. The number of rotatable bonds is 6. The number of aliphatic hydroxyl groups is 1. The minimum absolute atomic E-state index is 0.324. The zero-order valence-electron chi connectivity index (χ0n) is 38.0. The van der Waals surface area contributed by atoms with Crippen LogP contribution < -0.4 is 15.6 Å². The van der Waals surface area contributed by atoms with Crippen molar-refractivity contribution in [3.05, 3.63) is 85.2 Å². The molecule has 2 aliphatic heterocycles. The molecule has 6 aromatic carbocycles. The van der Waals surface area contributed by atoms with Crippen molar-refractivity contribution in [2.24, 2.45) is 0 Å². The van der Waals surface area contributed by atoms with Crippen LogP contribution in [0.3, 0.4) is 0 Å². The topological polar surface area (TPSA) is 508 Å². The van der Waals surface area contributed by atoms with E-state index in [2.05, 4.69) is 0 Å². The van der Waals surface area contributed by atoms with Crippen molar-refractivity contribution in [3.63, 3.8) is 0 Å². The first-order chi connectivity index (χ1) is 36.8. The number of phenols is 13. The molecule has 2 aromatic heterocycles. The van der Waals surface area contributed by atoms with Crippen LogP contribution in [-0.4, -0.2) is 143 Å². The monoisotopic (exact) mass is 1090 g/mol. The molecule has 4 heterocycles. The number of ether oxygens (including phenoxy) is 6. The molecule has 1 saturated heterocycles. The van der Waals surface area contributed by atoms with Gasteiger partial charge in [0.05, 0.1) is 27.5 Å². The molecule has 8 aromatic rings. The lowest BCUT2D eigenvalue weighted by molar-refractivity contribution is -0.284. The largest absolute Gasteiger partial charge is 0.504 e. The number of carbonyl (C=O) groups excluding carboxylic acids is 4. The van der Waals surface area contributed by atoms with Gasteiger partial charge in [0.15, 0.2) is 87.7 Å². The average molecular weight is 1090 g/mol. The standard InChI is InChI=1S/C48H30O30/c49-14-1-9(2-15(50)28(14)55)42(64)77-40-38-22(8-71-43(65)10-3-16(51)29(56)34(61)24(10)25-11(44(66)75-38)4-17(52)30(57)35(25)62)74-48(70)41(40)78-46(68)13-5-18(53)31(58)36(63)37(13)72-21-6-12-23-26-20(73-47(69)27(23)33(21)60)7-19(54)32(59)39(26)76-45(12)67/h1-7,22,38,40-41,48-53,55-59,61-63,67,69-70H,8H2/t22-,38-,40+,41-,48-/m1/s1. The van der Waals surface area contributed by atoms with Crippen LogP contribution in [-0.2, 0) is 23.7 Å². The lowest BCUT2D eigenvalue weighted by Crippen LogP contribution is -2.62. The van der Waals surface area contributed by atoms with Crippen LogP contribution in [0.2, 0.25) is 0 Å². The highest BCUT2D eigenvalue weighted by Crippen LogP contribution is 2.54. The zero-order valence-corrected chi connectivity index (χ0v) is 38.0. The molecule has 0 aliphatic carbocycles. The molecule has 30 heteroatoms. The number of cyclic esters (lactones) is 1. The maximum atomic E-state index is 14.5. The van der Waals surface area contributed by atoms with Crippen molar-refractivity contribution < 1.29 is 138 Å². The highest BCUT2D eigenvalue weighted by Gasteiger charge is 2.54. The fourth-order valence-electron chi connectivity index (χ4n) is 8.74. The van der Waals surface area contributed by atoms with Gasteiger partial charge in [-0.3, -0.25) is 9.59 Å². The molecule has 0 radical (unpaired) electrons. The van der Waals surface area contributed by atoms with Crippen LogP contribution in [0.25, 0.3) is 43.8 Å². The Labute approximate surface area is 425 Å². The number of fused-ring (bicyclic) bond motifs is 4. The van der Waals surface area contributed by atoms with E-state index in [4.69, 9.17) is 37.3 Å². The molecule has 0 spiro atoms. The molecule has 0 unspecified atom stereocenters. The number of benzene rings is 6. The second kappa shape index (κ2) is 17.8. The Hall–Kier alpha value is -11.1. The van der Waals surface area contributed by atoms with Crippen LogP contribution in [0.1, 0.15) is 41.4 Å². The number of aliphatic hydroxyl groups excluding tert-OH is 1. The van der Waals surface area contributed by atoms with Gasteiger partial charge >= 0.3 is 23.9 Å². The number of phenolic OH excluding ortho intramolecular Hbond substituents is 13. The molecule has 10 rings (SSSR count). The van der Waals surface area contributed by atoms with Gasteiger partial charge in [-0.25, -0.2) is 19.2 Å². The van der Waals surface area contributed by atoms with Crippen molar-refractivity contribution in [1.82, 2.24) is 0 Å². The van der Waals surface area contributed by atoms with E-state index in [-0.39, 0.29) is 5.39 Å². The van der Waals surface area contributed by atoms with Gasteiger partial charge < -0.3 is 119 Å². The molecular weight excluding hydrogens is 1060 g/mol. The van der Waals surface area contributed by atoms with Crippen molar-refractivity contribution in [1.29, 1.82) is 0 Å². The summed E-state index contributed by atoms with van der Waals surface area (Å²) in [5.74, 6) is -28.9. The van der Waals surface area contributed by atoms with Crippen LogP contribution in [0.15, 0.2) is 60.9 Å². The first kappa shape index (κ1) is 50.4. The van der Waals surface area contributed by atoms with Gasteiger partial charge in [-0.2, -0.15) is 0 Å². The van der Waals surface area contributed by atoms with E-state index < -0.39 is 231 Å². The van der Waals surface area contributed by atoms with Crippen molar-refractivity contribution in [3.8, 4) is 109 Å². The van der Waals surface area contributed by atoms with E-state index in [9.17, 15) is 110 Å². The summed E-state index contributed by atoms with van der Waals surface area (Å²) in [6.07, 6.45) is -12.5. The summed E-state index contributed by atoms with van der Waals surface area (Å²) in [5, 5.41) is 169. The highest BCUT2D eigenvalue weighted by molar-refractivity contribution is 6.23. The van der Waals surface area contributed by atoms with Crippen LogP contribution in [0, 0.1) is 0 Å². The molecule has 5 atom stereocenters. The molecule has 402 valence electrons. The second-order valence-electron chi connectivity index (χ2n) is 17.0. The summed E-state index contributed by atoms with van der Waals surface area (Å²) in [6.45, 7) is -1.24. The summed E-state index contributed by atoms with van der Waals surface area (Å²) in [6, 6.07) is 3.61. The van der Waals surface area contributed by atoms with E-state index in [0.717, 1.165) is 0 Å². The summed E-state index contributed by atoms with van der Waals surface area (Å²) in [5.41, 5.74) is -10.0. The van der Waals surface area contributed by atoms with Gasteiger partial charge in [-0.15, -0.1) is 0 Å². The Kier molecular flexibility index (Phi) is 11.5. The number of hydrogen-bond acceptors (Lipinski definition) is 30. The Balaban J connectivity index is 1.10. The normalized spacial score (nSPS) is 18.3. The van der Waals surface area contributed by atoms with Gasteiger partial charge in [-0.1, -0.05) is 0 Å². The Morgan fingerprint density at radius 2 is 1.10 bits per heavy atom. The molecule has 1 fully saturated rings. The molecule has 2 aliphatic rings. The Morgan fingerprint density at radius 3 is 1.73 bits per heavy atom. The van der Waals surface area contributed by atoms with Crippen molar-refractivity contribution >= 4 is 56.6 Å². The minimum Gasteiger partial charge on any atom is -0.504 e. The average Bonchev–Trinajstić information content (AvgIpc) is 3.51. The Morgan fingerprint density at radius 1 is 0.538 bits per heavy atom. The molecular formula is C48H30O30. The summed E-state index contributed by atoms with van der Waals surface area (Å²) < 4.78 is 43.7. The summed E-state index contributed by atoms with van der Waals surface area (Å²) in [7, 11) is 0. The molecule has 0 saturated carbocycles. The third-order valence-electron chi connectivity index (χ3n) is 12.4. The third kappa shape index (κ3) is 7.66. The van der Waals surface area contributed by atoms with Gasteiger partial charge in [-0.05, 0) is 30.3 Å². The molecule has 0 bridgehead atoms. The van der Waals surface area contributed by atoms with Crippen LogP contribution >= 0.6 is 0 Å². The molecule has 0 amide bonds. The van der Waals surface area contributed by atoms with E-state index in [1.54, 1.807) is 0 Å². The number of aromatic hydroxyl groups is 15. The minimum atomic E-state index is -2.70. The fourth-order valence-corrected chi connectivity index (χ4v) is 8.74. The second-order valence-corrected chi connectivity index (χ2v) is 17.0. The Bertz CT molecular complexity index is 4070. The number of carbonyl (C=O) groups is 4. The lowest BCUT2D eigenvalue weighted by atomic mass is 9.92. The van der Waals surface area contributed by atoms with Crippen molar-refractivity contribution in [2.75, 3.05) is 6.61 Å². The highest BCUT2D eigenvalue weighted by atomic mass is 16.7. The predicted octanol–water partition coefficient (Wildman–Crippen LogP) is 2.40. The van der Waals surface area contributed by atoms with Gasteiger partial charge in [0, 0.05) is 28.6 Å². The van der Waals surface area contributed by atoms with E-state index in [1.807, 2.05) is 0 Å². The SMILES string of the molecule is O=C(O[C@@H]1[C@@H](OC(=O)c2cc(O)c(O)c(O)c2Oc2cc3c(O)oc4c(O)c(=O)cc5oc(O)c(c2=O)c3c54)[C@H](O)O[C@@H]2COC(=O)c3cc(O)c(O)c(O)c3-c3c(cc(O)c(O)c3O)C(=O)O[C@@H]12)c1cc(O)c(O)c(O)c1. The number of hydrogen-bond donors (Lipinski definition) is 16. The first-order valence-corrected chi connectivity index (χ1v) is 21.6. The van der Waals surface area contributed by atoms with E-state index >= 15 is 0 Å².